The number of hydrogen-bond donors (Lipinski definition) is 1. The Kier molecular flexibility index (Phi) is 4.81. The number of nitrogens with zero attached hydrogens (tertiary/aromatic N) is 3. The topological polar surface area (TPSA) is 63.1 Å². The third kappa shape index (κ3) is 3.49. The summed E-state index contributed by atoms with van der Waals surface area (Å²) in [6.45, 7) is 3.13. The predicted octanol–water partition coefficient (Wildman–Crippen LogP) is 3.98. The van der Waals surface area contributed by atoms with E-state index in [2.05, 4.69) is 9.88 Å². The number of rotatable bonds is 3. The number of halogens is 2. The van der Waals surface area contributed by atoms with Gasteiger partial charge in [-0.25, -0.2) is 8.78 Å². The standard InChI is InChI=1S/C22H24F2N4O2/c23-22(24)8-5-17(6-9-22)28-18-7-10-25-21(29)19(18)20(26-28)15-1-3-16(4-2-15)27-11-13-30-14-12-27/h1-4,7,10,17H,5-6,8-9,11-14H2,(H,25,29). The molecule has 0 bridgehead atoms. The lowest BCUT2D eigenvalue weighted by Gasteiger charge is -2.29. The van der Waals surface area contributed by atoms with E-state index >= 15 is 0 Å². The van der Waals surface area contributed by atoms with Gasteiger partial charge in [-0.15, -0.1) is 0 Å². The molecule has 8 heteroatoms. The lowest BCUT2D eigenvalue weighted by molar-refractivity contribution is -0.0445. The maximum atomic E-state index is 13.6. The smallest absolute Gasteiger partial charge is 0.259 e. The van der Waals surface area contributed by atoms with Crippen LogP contribution in [0.3, 0.4) is 0 Å². The zero-order chi connectivity index (χ0) is 20.7. The normalized spacial score (nSPS) is 20.0. The van der Waals surface area contributed by atoms with E-state index in [4.69, 9.17) is 9.84 Å². The number of benzene rings is 1. The van der Waals surface area contributed by atoms with Gasteiger partial charge in [-0.3, -0.25) is 9.48 Å². The van der Waals surface area contributed by atoms with Gasteiger partial charge >= 0.3 is 0 Å². The zero-order valence-electron chi connectivity index (χ0n) is 16.6. The highest BCUT2D eigenvalue weighted by atomic mass is 19.3. The van der Waals surface area contributed by atoms with Crippen molar-refractivity contribution < 1.29 is 13.5 Å². The van der Waals surface area contributed by atoms with Gasteiger partial charge in [-0.2, -0.15) is 5.10 Å². The third-order valence-corrected chi connectivity index (χ3v) is 6.18. The number of fused-ring (bicyclic) bond motifs is 1. The first-order chi connectivity index (χ1) is 14.5. The van der Waals surface area contributed by atoms with Gasteiger partial charge in [0, 0.05) is 43.4 Å². The SMILES string of the molecule is O=c1[nH]ccc2c1c(-c1ccc(N3CCOCC3)cc1)nn2C1CCC(F)(F)CC1. The third-order valence-electron chi connectivity index (χ3n) is 6.18. The molecule has 5 rings (SSSR count). The number of hydrogen-bond acceptors (Lipinski definition) is 4. The number of morpholine rings is 1. The minimum absolute atomic E-state index is 0.129. The molecule has 1 aliphatic carbocycles. The summed E-state index contributed by atoms with van der Waals surface area (Å²) >= 11 is 0. The summed E-state index contributed by atoms with van der Waals surface area (Å²) in [5, 5.41) is 5.26. The summed E-state index contributed by atoms with van der Waals surface area (Å²) < 4.78 is 34.5. The molecule has 1 aliphatic heterocycles. The maximum absolute atomic E-state index is 13.6. The molecule has 158 valence electrons. The molecule has 0 atom stereocenters. The molecule has 0 spiro atoms. The number of anilines is 1. The van der Waals surface area contributed by atoms with Crippen molar-refractivity contribution in [3.05, 3.63) is 46.9 Å². The highest BCUT2D eigenvalue weighted by Gasteiger charge is 2.36. The molecular formula is C22H24F2N4O2. The number of nitrogens with one attached hydrogen (secondary N) is 1. The van der Waals surface area contributed by atoms with Crippen molar-refractivity contribution in [3.8, 4) is 11.3 Å². The van der Waals surface area contributed by atoms with Gasteiger partial charge in [-0.1, -0.05) is 12.1 Å². The number of ether oxygens (including phenoxy) is 1. The van der Waals surface area contributed by atoms with Gasteiger partial charge in [0.25, 0.3) is 5.56 Å². The van der Waals surface area contributed by atoms with Crippen molar-refractivity contribution in [3.63, 3.8) is 0 Å². The quantitative estimate of drug-likeness (QED) is 0.704. The largest absolute Gasteiger partial charge is 0.378 e. The first kappa shape index (κ1) is 19.2. The van der Waals surface area contributed by atoms with Crippen molar-refractivity contribution in [1.29, 1.82) is 0 Å². The van der Waals surface area contributed by atoms with E-state index in [1.165, 1.54) is 0 Å². The fraction of sp³-hybridized carbons (Fsp3) is 0.455. The molecule has 1 N–H and O–H groups in total. The van der Waals surface area contributed by atoms with E-state index in [-0.39, 0.29) is 24.4 Å². The highest BCUT2D eigenvalue weighted by Crippen LogP contribution is 2.40. The van der Waals surface area contributed by atoms with Crippen molar-refractivity contribution >= 4 is 16.6 Å². The highest BCUT2D eigenvalue weighted by molar-refractivity contribution is 5.92. The monoisotopic (exact) mass is 414 g/mol. The Morgan fingerprint density at radius 1 is 1.07 bits per heavy atom. The van der Waals surface area contributed by atoms with Gasteiger partial charge in [0.05, 0.1) is 30.2 Å². The second kappa shape index (κ2) is 7.50. The molecule has 3 heterocycles. The summed E-state index contributed by atoms with van der Waals surface area (Å²) in [7, 11) is 0. The average molecular weight is 414 g/mol. The van der Waals surface area contributed by atoms with Crippen molar-refractivity contribution in [2.24, 2.45) is 0 Å². The van der Waals surface area contributed by atoms with Gasteiger partial charge in [-0.05, 0) is 31.0 Å². The van der Waals surface area contributed by atoms with Crippen LogP contribution in [0.1, 0.15) is 31.7 Å². The minimum atomic E-state index is -2.60. The number of H-pyrrole nitrogens is 1. The summed E-state index contributed by atoms with van der Waals surface area (Å²) in [5.41, 5.74) is 3.02. The summed E-state index contributed by atoms with van der Waals surface area (Å²) in [6, 6.07) is 9.68. The predicted molar refractivity (Wildman–Crippen MR) is 111 cm³/mol. The second-order valence-electron chi connectivity index (χ2n) is 8.09. The molecule has 0 radical (unpaired) electrons. The molecule has 6 nitrogen and oxygen atoms in total. The number of aromatic nitrogens is 3. The summed E-state index contributed by atoms with van der Waals surface area (Å²) in [6.07, 6.45) is 2.00. The van der Waals surface area contributed by atoms with E-state index in [0.29, 0.717) is 42.7 Å². The molecule has 2 fully saturated rings. The van der Waals surface area contributed by atoms with Crippen molar-refractivity contribution in [2.45, 2.75) is 37.6 Å². The fourth-order valence-electron chi connectivity index (χ4n) is 4.50. The molecule has 2 aliphatic rings. The van der Waals surface area contributed by atoms with E-state index < -0.39 is 5.92 Å². The molecule has 1 aromatic carbocycles. The summed E-state index contributed by atoms with van der Waals surface area (Å²) in [5.74, 6) is -2.60. The van der Waals surface area contributed by atoms with Gasteiger partial charge in [0.1, 0.15) is 5.69 Å². The first-order valence-electron chi connectivity index (χ1n) is 10.4. The maximum Gasteiger partial charge on any atom is 0.259 e. The van der Waals surface area contributed by atoms with Crippen LogP contribution in [0.25, 0.3) is 22.2 Å². The van der Waals surface area contributed by atoms with E-state index in [1.807, 2.05) is 30.3 Å². The Balaban J connectivity index is 1.52. The van der Waals surface area contributed by atoms with Crippen LogP contribution in [0.2, 0.25) is 0 Å². The number of pyridine rings is 1. The van der Waals surface area contributed by atoms with Crippen molar-refractivity contribution in [1.82, 2.24) is 14.8 Å². The molecule has 2 aromatic heterocycles. The number of aromatic amines is 1. The second-order valence-corrected chi connectivity index (χ2v) is 8.09. The molecule has 1 saturated heterocycles. The lowest BCUT2D eigenvalue weighted by Crippen LogP contribution is -2.36. The first-order valence-corrected chi connectivity index (χ1v) is 10.4. The zero-order valence-corrected chi connectivity index (χ0v) is 16.6. The molecule has 0 unspecified atom stereocenters. The Morgan fingerprint density at radius 3 is 2.47 bits per heavy atom. The molecule has 1 saturated carbocycles. The van der Waals surface area contributed by atoms with Gasteiger partial charge < -0.3 is 14.6 Å². The van der Waals surface area contributed by atoms with Crippen molar-refractivity contribution in [2.75, 3.05) is 31.2 Å². The molecule has 30 heavy (non-hydrogen) atoms. The number of alkyl halides is 2. The van der Waals surface area contributed by atoms with E-state index in [1.54, 1.807) is 10.9 Å². The molecule has 3 aromatic rings. The van der Waals surface area contributed by atoms with Crippen LogP contribution in [-0.2, 0) is 4.74 Å². The van der Waals surface area contributed by atoms with Crippen LogP contribution in [0, 0.1) is 0 Å². The van der Waals surface area contributed by atoms with E-state index in [0.717, 1.165) is 24.3 Å². The molecular weight excluding hydrogens is 390 g/mol. The average Bonchev–Trinajstić information content (AvgIpc) is 3.16. The van der Waals surface area contributed by atoms with Gasteiger partial charge in [0.2, 0.25) is 5.92 Å². The van der Waals surface area contributed by atoms with Crippen LogP contribution >= 0.6 is 0 Å². The van der Waals surface area contributed by atoms with Crippen LogP contribution < -0.4 is 10.5 Å². The lowest BCUT2D eigenvalue weighted by atomic mass is 9.92. The van der Waals surface area contributed by atoms with E-state index in [9.17, 15) is 13.6 Å². The Hall–Kier alpha value is -2.74. The minimum Gasteiger partial charge on any atom is -0.378 e. The molecule has 0 amide bonds. The summed E-state index contributed by atoms with van der Waals surface area (Å²) in [4.78, 5) is 17.6. The van der Waals surface area contributed by atoms with Crippen LogP contribution in [0.4, 0.5) is 14.5 Å². The van der Waals surface area contributed by atoms with Crippen LogP contribution in [-0.4, -0.2) is 47.0 Å². The van der Waals surface area contributed by atoms with Crippen LogP contribution in [0.15, 0.2) is 41.3 Å². The Labute approximate surface area is 172 Å². The Bertz CT molecular complexity index is 1090. The van der Waals surface area contributed by atoms with Gasteiger partial charge in [0.15, 0.2) is 0 Å². The van der Waals surface area contributed by atoms with Crippen LogP contribution in [0.5, 0.6) is 0 Å². The fourth-order valence-corrected chi connectivity index (χ4v) is 4.50. The Morgan fingerprint density at radius 2 is 1.77 bits per heavy atom.